The molecular weight excluding hydrogens is 232 g/mol. The molecule has 0 unspecified atom stereocenters. The molecule has 0 radical (unpaired) electrons. The summed E-state index contributed by atoms with van der Waals surface area (Å²) in [6.07, 6.45) is 1.60. The Bertz CT molecular complexity index is 558. The van der Waals surface area contributed by atoms with Crippen molar-refractivity contribution in [1.29, 1.82) is 0 Å². The highest BCUT2D eigenvalue weighted by molar-refractivity contribution is 5.97. The van der Waals surface area contributed by atoms with E-state index in [-0.39, 0.29) is 0 Å². The number of hydrogen-bond donors (Lipinski definition) is 2. The van der Waals surface area contributed by atoms with Crippen LogP contribution in [0.1, 0.15) is 27.4 Å². The van der Waals surface area contributed by atoms with Gasteiger partial charge in [0, 0.05) is 18.3 Å². The van der Waals surface area contributed by atoms with Crippen LogP contribution in [0.3, 0.4) is 0 Å². The maximum Gasteiger partial charge on any atom is 0.252 e. The molecule has 0 spiro atoms. The largest absolute Gasteiger partial charge is 0.365 e. The van der Waals surface area contributed by atoms with Crippen molar-refractivity contribution in [2.75, 3.05) is 5.32 Å². The van der Waals surface area contributed by atoms with Crippen LogP contribution in [0, 0.1) is 13.8 Å². The predicted octanol–water partition coefficient (Wildman–Crippen LogP) is 1.40. The van der Waals surface area contributed by atoms with E-state index < -0.39 is 5.91 Å². The Kier molecular flexibility index (Phi) is 3.27. The standard InChI is InChI=1S/C12H14N4O2/c1-7-10(8(2)18-16-7)6-15-12-9(11(13)17)4-3-5-14-12/h3-5H,6H2,1-2H3,(H2,13,17)(H,14,15). The Labute approximate surface area is 104 Å². The number of primary amides is 1. The van der Waals surface area contributed by atoms with Crippen molar-refractivity contribution in [3.8, 4) is 0 Å². The molecule has 1 amide bonds. The fourth-order valence-corrected chi connectivity index (χ4v) is 1.67. The summed E-state index contributed by atoms with van der Waals surface area (Å²) in [6.45, 7) is 4.18. The van der Waals surface area contributed by atoms with E-state index in [0.717, 1.165) is 17.0 Å². The average Bonchev–Trinajstić information content (AvgIpc) is 2.67. The van der Waals surface area contributed by atoms with Crippen LogP contribution in [0.4, 0.5) is 5.82 Å². The first-order valence-electron chi connectivity index (χ1n) is 5.50. The molecule has 6 heteroatoms. The summed E-state index contributed by atoms with van der Waals surface area (Å²) >= 11 is 0. The Balaban J connectivity index is 2.18. The minimum atomic E-state index is -0.510. The fourth-order valence-electron chi connectivity index (χ4n) is 1.67. The van der Waals surface area contributed by atoms with E-state index in [9.17, 15) is 4.79 Å². The number of pyridine rings is 1. The normalized spacial score (nSPS) is 10.3. The Hall–Kier alpha value is -2.37. The monoisotopic (exact) mass is 246 g/mol. The van der Waals surface area contributed by atoms with E-state index in [1.807, 2.05) is 13.8 Å². The van der Waals surface area contributed by atoms with Crippen molar-refractivity contribution in [3.63, 3.8) is 0 Å². The third-order valence-electron chi connectivity index (χ3n) is 2.69. The van der Waals surface area contributed by atoms with Crippen LogP contribution in [-0.4, -0.2) is 16.0 Å². The van der Waals surface area contributed by atoms with E-state index >= 15 is 0 Å². The quantitative estimate of drug-likeness (QED) is 0.850. The van der Waals surface area contributed by atoms with Gasteiger partial charge in [-0.05, 0) is 26.0 Å². The lowest BCUT2D eigenvalue weighted by molar-refractivity contribution is 0.100. The number of nitrogens with zero attached hydrogens (tertiary/aromatic N) is 2. The van der Waals surface area contributed by atoms with Gasteiger partial charge in [-0.15, -0.1) is 0 Å². The molecule has 0 aliphatic heterocycles. The zero-order valence-corrected chi connectivity index (χ0v) is 10.2. The molecule has 0 saturated heterocycles. The van der Waals surface area contributed by atoms with Gasteiger partial charge in [-0.3, -0.25) is 4.79 Å². The van der Waals surface area contributed by atoms with Crippen LogP contribution in [0.25, 0.3) is 0 Å². The molecule has 0 atom stereocenters. The Morgan fingerprint density at radius 2 is 2.28 bits per heavy atom. The molecule has 0 aliphatic rings. The summed E-state index contributed by atoms with van der Waals surface area (Å²) in [5.74, 6) is 0.700. The minimum Gasteiger partial charge on any atom is -0.365 e. The van der Waals surface area contributed by atoms with E-state index in [1.165, 1.54) is 0 Å². The number of carbonyl (C=O) groups excluding carboxylic acids is 1. The van der Waals surface area contributed by atoms with Gasteiger partial charge in [-0.2, -0.15) is 0 Å². The number of aromatic nitrogens is 2. The van der Waals surface area contributed by atoms with Crippen molar-refractivity contribution in [3.05, 3.63) is 40.9 Å². The molecule has 2 aromatic heterocycles. The maximum absolute atomic E-state index is 11.2. The van der Waals surface area contributed by atoms with Gasteiger partial charge < -0.3 is 15.6 Å². The van der Waals surface area contributed by atoms with E-state index in [0.29, 0.717) is 17.9 Å². The third-order valence-corrected chi connectivity index (χ3v) is 2.69. The summed E-state index contributed by atoms with van der Waals surface area (Å²) in [5, 5.41) is 6.93. The van der Waals surface area contributed by atoms with Gasteiger partial charge in [0.1, 0.15) is 11.6 Å². The number of rotatable bonds is 4. The number of anilines is 1. The highest BCUT2D eigenvalue weighted by atomic mass is 16.5. The van der Waals surface area contributed by atoms with Crippen LogP contribution in [0.5, 0.6) is 0 Å². The van der Waals surface area contributed by atoms with Crippen molar-refractivity contribution >= 4 is 11.7 Å². The summed E-state index contributed by atoms with van der Waals surface area (Å²) < 4.78 is 5.06. The van der Waals surface area contributed by atoms with Crippen LogP contribution in [0.15, 0.2) is 22.9 Å². The van der Waals surface area contributed by atoms with Crippen LogP contribution < -0.4 is 11.1 Å². The molecule has 6 nitrogen and oxygen atoms in total. The lowest BCUT2D eigenvalue weighted by Gasteiger charge is -2.08. The fraction of sp³-hybridized carbons (Fsp3) is 0.250. The summed E-state index contributed by atoms with van der Waals surface area (Å²) in [4.78, 5) is 15.3. The minimum absolute atomic E-state index is 0.365. The highest BCUT2D eigenvalue weighted by Crippen LogP contribution is 2.16. The first-order chi connectivity index (χ1) is 8.59. The molecule has 0 saturated carbocycles. The first kappa shape index (κ1) is 12.1. The van der Waals surface area contributed by atoms with Crippen LogP contribution in [-0.2, 0) is 6.54 Å². The maximum atomic E-state index is 11.2. The molecule has 2 aromatic rings. The van der Waals surface area contributed by atoms with Crippen molar-refractivity contribution in [2.45, 2.75) is 20.4 Å². The summed E-state index contributed by atoms with van der Waals surface area (Å²) in [5.41, 5.74) is 7.41. The number of nitrogens with two attached hydrogens (primary N) is 1. The molecule has 18 heavy (non-hydrogen) atoms. The van der Waals surface area contributed by atoms with Gasteiger partial charge in [-0.25, -0.2) is 4.98 Å². The van der Waals surface area contributed by atoms with Crippen molar-refractivity contribution < 1.29 is 9.32 Å². The molecule has 0 bridgehead atoms. The zero-order chi connectivity index (χ0) is 13.1. The van der Waals surface area contributed by atoms with Gasteiger partial charge in [0.05, 0.1) is 11.3 Å². The Morgan fingerprint density at radius 1 is 1.50 bits per heavy atom. The van der Waals surface area contributed by atoms with Crippen LogP contribution >= 0.6 is 0 Å². The molecular formula is C12H14N4O2. The first-order valence-corrected chi connectivity index (χ1v) is 5.50. The highest BCUT2D eigenvalue weighted by Gasteiger charge is 2.12. The number of aryl methyl sites for hydroxylation is 2. The molecule has 94 valence electrons. The molecule has 3 N–H and O–H groups in total. The summed E-state index contributed by atoms with van der Waals surface area (Å²) in [7, 11) is 0. The molecule has 0 aliphatic carbocycles. The number of nitrogens with one attached hydrogen (secondary N) is 1. The average molecular weight is 246 g/mol. The second-order valence-corrected chi connectivity index (χ2v) is 3.92. The van der Waals surface area contributed by atoms with Gasteiger partial charge >= 0.3 is 0 Å². The number of amides is 1. The predicted molar refractivity (Wildman–Crippen MR) is 66.1 cm³/mol. The van der Waals surface area contributed by atoms with Gasteiger partial charge in [-0.1, -0.05) is 5.16 Å². The number of carbonyl (C=O) groups is 1. The lowest BCUT2D eigenvalue weighted by Crippen LogP contribution is -2.15. The second kappa shape index (κ2) is 4.87. The van der Waals surface area contributed by atoms with E-state index in [1.54, 1.807) is 18.3 Å². The molecule has 2 heterocycles. The molecule has 0 aromatic carbocycles. The lowest BCUT2D eigenvalue weighted by atomic mass is 10.2. The SMILES string of the molecule is Cc1noc(C)c1CNc1ncccc1C(N)=O. The van der Waals surface area contributed by atoms with Crippen molar-refractivity contribution in [1.82, 2.24) is 10.1 Å². The third kappa shape index (κ3) is 2.32. The van der Waals surface area contributed by atoms with E-state index in [4.69, 9.17) is 10.3 Å². The zero-order valence-electron chi connectivity index (χ0n) is 10.2. The van der Waals surface area contributed by atoms with Gasteiger partial charge in [0.25, 0.3) is 5.91 Å². The Morgan fingerprint density at radius 3 is 2.89 bits per heavy atom. The molecule has 2 rings (SSSR count). The van der Waals surface area contributed by atoms with Crippen LogP contribution in [0.2, 0.25) is 0 Å². The molecule has 0 fully saturated rings. The van der Waals surface area contributed by atoms with Gasteiger partial charge in [0.2, 0.25) is 0 Å². The second-order valence-electron chi connectivity index (χ2n) is 3.92. The smallest absolute Gasteiger partial charge is 0.252 e. The topological polar surface area (TPSA) is 94.0 Å². The number of hydrogen-bond acceptors (Lipinski definition) is 5. The van der Waals surface area contributed by atoms with Crippen molar-refractivity contribution in [2.24, 2.45) is 5.73 Å². The van der Waals surface area contributed by atoms with Gasteiger partial charge in [0.15, 0.2) is 0 Å². The summed E-state index contributed by atoms with van der Waals surface area (Å²) in [6, 6.07) is 3.30. The van der Waals surface area contributed by atoms with E-state index in [2.05, 4.69) is 15.5 Å².